The summed E-state index contributed by atoms with van der Waals surface area (Å²) in [5.74, 6) is -11.2. The van der Waals surface area contributed by atoms with Crippen molar-refractivity contribution in [3.8, 4) is 0 Å². The third-order valence-corrected chi connectivity index (χ3v) is 5.43. The SMILES string of the molecule is NC(N)=NCCC[C@@H]1NC(=O)[C@H](CC(=O)O)NC(=O)[C@H](CO)NC(=O)[C@H](CC(=O)O)NC(=O)[C@H](CC(=O)O)NC1=O. The van der Waals surface area contributed by atoms with E-state index in [9.17, 15) is 58.8 Å². The second-order valence-electron chi connectivity index (χ2n) is 8.73. The first-order chi connectivity index (χ1) is 19.1. The van der Waals surface area contributed by atoms with Gasteiger partial charge in [-0.1, -0.05) is 0 Å². The van der Waals surface area contributed by atoms with Gasteiger partial charge in [0.2, 0.25) is 29.5 Å². The van der Waals surface area contributed by atoms with E-state index in [0.717, 1.165) is 0 Å². The molecule has 0 aromatic carbocycles. The largest absolute Gasteiger partial charge is 0.481 e. The van der Waals surface area contributed by atoms with E-state index >= 15 is 0 Å². The van der Waals surface area contributed by atoms with Crippen LogP contribution in [0.3, 0.4) is 0 Å². The van der Waals surface area contributed by atoms with Crippen LogP contribution in [0.1, 0.15) is 32.1 Å². The van der Waals surface area contributed by atoms with Crippen molar-refractivity contribution in [3.63, 3.8) is 0 Å². The molecule has 5 atom stereocenters. The van der Waals surface area contributed by atoms with Crippen LogP contribution < -0.4 is 38.1 Å². The first kappa shape index (κ1) is 34.0. The predicted molar refractivity (Wildman–Crippen MR) is 133 cm³/mol. The molecule has 1 aliphatic heterocycles. The molecule has 5 amide bonds. The first-order valence-corrected chi connectivity index (χ1v) is 12.0. The summed E-state index contributed by atoms with van der Waals surface area (Å²) in [6.45, 7) is -1.12. The molecule has 1 rings (SSSR count). The molecule has 1 aliphatic rings. The Balaban J connectivity index is 3.56. The molecule has 0 saturated carbocycles. The van der Waals surface area contributed by atoms with Gasteiger partial charge in [-0.05, 0) is 12.8 Å². The van der Waals surface area contributed by atoms with Gasteiger partial charge in [-0.25, -0.2) is 0 Å². The normalized spacial score (nSPS) is 24.2. The number of nitrogens with zero attached hydrogens (tertiary/aromatic N) is 1. The standard InChI is InChI=1S/C21H32N8O12/c22-21(23)24-3-1-2-8-16(37)26-10(5-14(33)34)18(39)27-11(6-15(35)36)19(40)29-12(7-30)20(41)28-9(4-13(31)32)17(38)25-8/h8-12,30H,1-7H2,(H,25,38)(H,26,37)(H,27,39)(H,28,41)(H,29,40)(H,31,32)(H,33,34)(H,35,36)(H4,22,23,24)/t8-,9-,10-,11-,12-/m0/s1. The fraction of sp³-hybridized carbons (Fsp3) is 0.571. The Kier molecular flexibility index (Phi) is 13.4. The molecule has 0 radical (unpaired) electrons. The lowest BCUT2D eigenvalue weighted by molar-refractivity contribution is -0.143. The maximum absolute atomic E-state index is 13.1. The fourth-order valence-corrected chi connectivity index (χ4v) is 3.48. The number of aliphatic hydroxyl groups is 1. The molecule has 20 heteroatoms. The third-order valence-electron chi connectivity index (χ3n) is 5.43. The molecule has 13 N–H and O–H groups in total. The topological polar surface area (TPSA) is 342 Å². The number of hydrogen-bond donors (Lipinski definition) is 11. The summed E-state index contributed by atoms with van der Waals surface area (Å²) >= 11 is 0. The van der Waals surface area contributed by atoms with Gasteiger partial charge in [0, 0.05) is 6.54 Å². The number of carbonyl (C=O) groups excluding carboxylic acids is 5. The summed E-state index contributed by atoms with van der Waals surface area (Å²) in [5.41, 5.74) is 10.5. The number of aliphatic imine (C=N–C) groups is 1. The van der Waals surface area contributed by atoms with Crippen molar-refractivity contribution in [3.05, 3.63) is 0 Å². The minimum atomic E-state index is -1.91. The van der Waals surface area contributed by atoms with Crippen LogP contribution in [0.4, 0.5) is 0 Å². The van der Waals surface area contributed by atoms with Gasteiger partial charge in [-0.15, -0.1) is 0 Å². The van der Waals surface area contributed by atoms with Crippen LogP contribution in [0.2, 0.25) is 0 Å². The van der Waals surface area contributed by atoms with Crippen LogP contribution in [0.5, 0.6) is 0 Å². The quantitative estimate of drug-likeness (QED) is 0.0608. The van der Waals surface area contributed by atoms with E-state index in [1.807, 2.05) is 16.0 Å². The predicted octanol–water partition coefficient (Wildman–Crippen LogP) is -6.11. The summed E-state index contributed by atoms with van der Waals surface area (Å²) in [5, 5.41) is 47.6. The van der Waals surface area contributed by atoms with E-state index < -0.39 is 104 Å². The van der Waals surface area contributed by atoms with Gasteiger partial charge in [0.15, 0.2) is 5.96 Å². The smallest absolute Gasteiger partial charge is 0.305 e. The number of nitrogens with one attached hydrogen (secondary N) is 5. The molecule has 0 aromatic heterocycles. The Hall–Kier alpha value is -5.01. The van der Waals surface area contributed by atoms with Gasteiger partial charge in [-0.2, -0.15) is 0 Å². The molecule has 1 heterocycles. The van der Waals surface area contributed by atoms with Crippen LogP contribution in [-0.4, -0.2) is 117 Å². The highest BCUT2D eigenvalue weighted by molar-refractivity contribution is 6.00. The Morgan fingerprint density at radius 1 is 0.610 bits per heavy atom. The molecule has 20 nitrogen and oxygen atoms in total. The van der Waals surface area contributed by atoms with E-state index in [4.69, 9.17) is 11.5 Å². The summed E-state index contributed by atoms with van der Waals surface area (Å²) in [6, 6.07) is -9.01. The van der Waals surface area contributed by atoms with Crippen molar-refractivity contribution < 1.29 is 58.8 Å². The molecule has 0 aromatic rings. The maximum Gasteiger partial charge on any atom is 0.305 e. The second-order valence-corrected chi connectivity index (χ2v) is 8.73. The molecular formula is C21H32N8O12. The van der Waals surface area contributed by atoms with E-state index in [0.29, 0.717) is 0 Å². The van der Waals surface area contributed by atoms with Crippen molar-refractivity contribution >= 4 is 53.4 Å². The fourth-order valence-electron chi connectivity index (χ4n) is 3.48. The highest BCUT2D eigenvalue weighted by atomic mass is 16.4. The zero-order chi connectivity index (χ0) is 31.3. The number of carboxylic acids is 3. The summed E-state index contributed by atoms with van der Waals surface area (Å²) in [7, 11) is 0. The van der Waals surface area contributed by atoms with Gasteiger partial charge in [0.05, 0.1) is 25.9 Å². The van der Waals surface area contributed by atoms with Crippen molar-refractivity contribution in [1.29, 1.82) is 0 Å². The summed E-state index contributed by atoms with van der Waals surface area (Å²) < 4.78 is 0. The molecule has 1 fully saturated rings. The monoisotopic (exact) mass is 588 g/mol. The van der Waals surface area contributed by atoms with E-state index in [1.165, 1.54) is 0 Å². The highest BCUT2D eigenvalue weighted by Crippen LogP contribution is 2.06. The summed E-state index contributed by atoms with van der Waals surface area (Å²) in [6.07, 6.45) is -3.26. The minimum Gasteiger partial charge on any atom is -0.481 e. The first-order valence-electron chi connectivity index (χ1n) is 12.0. The van der Waals surface area contributed by atoms with Crippen LogP contribution in [-0.2, 0) is 38.4 Å². The number of aliphatic carboxylic acids is 3. The number of carboxylic acid groups (broad SMARTS) is 3. The number of carbonyl (C=O) groups is 8. The lowest BCUT2D eigenvalue weighted by Gasteiger charge is -2.25. The van der Waals surface area contributed by atoms with Gasteiger partial charge < -0.3 is 58.5 Å². The number of hydrogen-bond acceptors (Lipinski definition) is 10. The van der Waals surface area contributed by atoms with Crippen LogP contribution >= 0.6 is 0 Å². The average molecular weight is 589 g/mol. The van der Waals surface area contributed by atoms with Crippen LogP contribution in [0.25, 0.3) is 0 Å². The number of guanidine groups is 1. The second kappa shape index (κ2) is 16.2. The highest BCUT2D eigenvalue weighted by Gasteiger charge is 2.36. The summed E-state index contributed by atoms with van der Waals surface area (Å²) in [4.78, 5) is 102. The number of rotatable bonds is 11. The van der Waals surface area contributed by atoms with Crippen molar-refractivity contribution in [2.75, 3.05) is 13.2 Å². The molecule has 0 bridgehead atoms. The van der Waals surface area contributed by atoms with Crippen molar-refractivity contribution in [1.82, 2.24) is 26.6 Å². The van der Waals surface area contributed by atoms with Crippen LogP contribution in [0.15, 0.2) is 4.99 Å². The zero-order valence-electron chi connectivity index (χ0n) is 21.5. The Bertz CT molecular complexity index is 1080. The molecular weight excluding hydrogens is 556 g/mol. The molecule has 1 saturated heterocycles. The minimum absolute atomic E-state index is 0.0286. The van der Waals surface area contributed by atoms with Crippen molar-refractivity contribution in [2.45, 2.75) is 62.3 Å². The van der Waals surface area contributed by atoms with Gasteiger partial charge >= 0.3 is 17.9 Å². The maximum atomic E-state index is 13.1. The van der Waals surface area contributed by atoms with Gasteiger partial charge in [0.1, 0.15) is 30.2 Å². The average Bonchev–Trinajstić information content (AvgIpc) is 2.85. The van der Waals surface area contributed by atoms with E-state index in [1.54, 1.807) is 0 Å². The lowest BCUT2D eigenvalue weighted by Crippen LogP contribution is -2.59. The molecule has 0 spiro atoms. The Labute approximate surface area is 231 Å². The van der Waals surface area contributed by atoms with E-state index in [-0.39, 0.29) is 25.3 Å². The number of amides is 5. The van der Waals surface area contributed by atoms with Crippen LogP contribution in [0, 0.1) is 0 Å². The molecule has 0 unspecified atom stereocenters. The molecule has 41 heavy (non-hydrogen) atoms. The zero-order valence-corrected chi connectivity index (χ0v) is 21.5. The van der Waals surface area contributed by atoms with Gasteiger partial charge in [0.25, 0.3) is 0 Å². The van der Waals surface area contributed by atoms with E-state index in [2.05, 4.69) is 15.6 Å². The molecule has 228 valence electrons. The number of aliphatic hydroxyl groups excluding tert-OH is 1. The Morgan fingerprint density at radius 3 is 1.27 bits per heavy atom. The number of nitrogens with two attached hydrogens (primary N) is 2. The molecule has 0 aliphatic carbocycles. The lowest BCUT2D eigenvalue weighted by atomic mass is 10.1. The Morgan fingerprint density at radius 2 is 0.927 bits per heavy atom. The third kappa shape index (κ3) is 12.1. The van der Waals surface area contributed by atoms with Crippen molar-refractivity contribution in [2.24, 2.45) is 16.5 Å². The van der Waals surface area contributed by atoms with Gasteiger partial charge in [-0.3, -0.25) is 43.3 Å².